The van der Waals surface area contributed by atoms with Crippen LogP contribution in [0.1, 0.15) is 213 Å². The number of hydrogen-bond donors (Lipinski definition) is 1. The molecular formula is C52H96NO9P. The number of hydrogen-bond acceptors (Lipinski definition) is 9. The monoisotopic (exact) mass is 910 g/mol. The minimum atomic E-state index is -4.66. The minimum absolute atomic E-state index is 0.0521. The zero-order valence-electron chi connectivity index (χ0n) is 41.1. The number of rotatable bonds is 46. The molecule has 0 amide bonds. The standard InChI is InChI=1S/C52H96NO9P/c1-6-8-10-12-14-15-16-17-18-19-20-21-22-23-24-25-26-27-31-35-39-43-51(55)59-47-50(48-61-63(57,58)60-46-45-53(3,4)5)62-52(56)44-40-36-32-29-28-30-34-38-42-49(54)41-37-33-13-11-9-7-2/h29-30,32-34,37-38,42,49-50,54H,6-28,31,35-36,39-41,43-48H2,1-5H3/b32-29-,34-30-,37-33-,42-38+/t49-,50+/m0/s1. The van der Waals surface area contributed by atoms with Gasteiger partial charge in [-0.15, -0.1) is 0 Å². The number of ether oxygens (including phenoxy) is 2. The summed E-state index contributed by atoms with van der Waals surface area (Å²) in [5, 5.41) is 10.1. The largest absolute Gasteiger partial charge is 0.756 e. The molecule has 0 aliphatic rings. The number of nitrogens with zero attached hydrogens (tertiary/aromatic N) is 1. The molecular weight excluding hydrogens is 814 g/mol. The Morgan fingerprint density at radius 1 is 0.587 bits per heavy atom. The van der Waals surface area contributed by atoms with Crippen molar-refractivity contribution in [1.82, 2.24) is 0 Å². The molecule has 63 heavy (non-hydrogen) atoms. The van der Waals surface area contributed by atoms with Crippen LogP contribution in [0.3, 0.4) is 0 Å². The summed E-state index contributed by atoms with van der Waals surface area (Å²) in [6.07, 6.45) is 48.9. The number of phosphoric ester groups is 1. The van der Waals surface area contributed by atoms with Gasteiger partial charge in [0.05, 0.1) is 33.9 Å². The van der Waals surface area contributed by atoms with Crippen molar-refractivity contribution in [1.29, 1.82) is 0 Å². The highest BCUT2D eigenvalue weighted by Gasteiger charge is 2.21. The van der Waals surface area contributed by atoms with Gasteiger partial charge in [0, 0.05) is 12.8 Å². The molecule has 0 fully saturated rings. The van der Waals surface area contributed by atoms with Gasteiger partial charge in [0.2, 0.25) is 0 Å². The molecule has 368 valence electrons. The first-order valence-corrected chi connectivity index (χ1v) is 26.9. The Bertz CT molecular complexity index is 1230. The van der Waals surface area contributed by atoms with E-state index in [-0.39, 0.29) is 26.1 Å². The molecule has 3 atom stereocenters. The lowest BCUT2D eigenvalue weighted by Crippen LogP contribution is -2.37. The lowest BCUT2D eigenvalue weighted by Gasteiger charge is -2.28. The summed E-state index contributed by atoms with van der Waals surface area (Å²) in [4.78, 5) is 37.7. The van der Waals surface area contributed by atoms with E-state index in [2.05, 4.69) is 19.9 Å². The summed E-state index contributed by atoms with van der Waals surface area (Å²) in [6, 6.07) is 0. The summed E-state index contributed by atoms with van der Waals surface area (Å²) < 4.78 is 33.9. The van der Waals surface area contributed by atoms with E-state index in [0.29, 0.717) is 30.3 Å². The van der Waals surface area contributed by atoms with Crippen LogP contribution in [0.4, 0.5) is 0 Å². The zero-order chi connectivity index (χ0) is 46.5. The van der Waals surface area contributed by atoms with Crippen LogP contribution >= 0.6 is 7.82 Å². The molecule has 0 aliphatic heterocycles. The van der Waals surface area contributed by atoms with E-state index in [1.54, 1.807) is 6.08 Å². The average Bonchev–Trinajstić information content (AvgIpc) is 3.23. The van der Waals surface area contributed by atoms with Crippen LogP contribution in [0.25, 0.3) is 0 Å². The number of allylic oxidation sites excluding steroid dienone is 6. The van der Waals surface area contributed by atoms with Gasteiger partial charge in [0.1, 0.15) is 19.8 Å². The maximum atomic E-state index is 12.7. The molecule has 10 nitrogen and oxygen atoms in total. The van der Waals surface area contributed by atoms with Crippen LogP contribution in [0.15, 0.2) is 48.6 Å². The molecule has 0 bridgehead atoms. The quantitative estimate of drug-likeness (QED) is 0.0158. The van der Waals surface area contributed by atoms with Gasteiger partial charge >= 0.3 is 11.9 Å². The molecule has 0 radical (unpaired) electrons. The number of quaternary nitrogens is 1. The Hall–Kier alpha value is -2.07. The Balaban J connectivity index is 4.36. The van der Waals surface area contributed by atoms with E-state index >= 15 is 0 Å². The summed E-state index contributed by atoms with van der Waals surface area (Å²) in [5.74, 6) is -0.932. The SMILES string of the molecule is CCCCC/C=C\C[C@H](O)/C=C/C=C\C/C=C\CCCC(=O)O[C@H](COC(=O)CCCCCCCCCCCCCCCCCCCCCCC)COP(=O)([O-])OCC[N+](C)(C)C. The first-order valence-electron chi connectivity index (χ1n) is 25.5. The lowest BCUT2D eigenvalue weighted by atomic mass is 10.0. The zero-order valence-corrected chi connectivity index (χ0v) is 42.0. The predicted molar refractivity (Wildman–Crippen MR) is 260 cm³/mol. The summed E-state index contributed by atoms with van der Waals surface area (Å²) in [6.45, 7) is 4.07. The second kappa shape index (κ2) is 43.8. The Labute approximate surface area is 386 Å². The number of aliphatic hydroxyl groups excluding tert-OH is 1. The molecule has 0 rings (SSSR count). The van der Waals surface area contributed by atoms with Gasteiger partial charge in [-0.2, -0.15) is 0 Å². The summed E-state index contributed by atoms with van der Waals surface area (Å²) in [5.41, 5.74) is 0. The van der Waals surface area contributed by atoms with Crippen molar-refractivity contribution in [3.63, 3.8) is 0 Å². The third kappa shape index (κ3) is 47.7. The average molecular weight is 910 g/mol. The Kier molecular flexibility index (Phi) is 42.4. The molecule has 0 heterocycles. The van der Waals surface area contributed by atoms with Crippen LogP contribution < -0.4 is 4.89 Å². The normalized spacial score (nSPS) is 14.3. The van der Waals surface area contributed by atoms with Crippen molar-refractivity contribution in [2.24, 2.45) is 0 Å². The molecule has 0 aromatic rings. The fourth-order valence-electron chi connectivity index (χ4n) is 6.91. The Morgan fingerprint density at radius 2 is 1.08 bits per heavy atom. The third-order valence-electron chi connectivity index (χ3n) is 10.9. The number of aliphatic hydroxyl groups is 1. The van der Waals surface area contributed by atoms with Gasteiger partial charge in [0.15, 0.2) is 6.10 Å². The number of phosphoric acid groups is 1. The number of unbranched alkanes of at least 4 members (excludes halogenated alkanes) is 24. The molecule has 0 aliphatic carbocycles. The van der Waals surface area contributed by atoms with Crippen LogP contribution in [-0.4, -0.2) is 81.2 Å². The highest BCUT2D eigenvalue weighted by Crippen LogP contribution is 2.38. The van der Waals surface area contributed by atoms with Gasteiger partial charge in [-0.25, -0.2) is 0 Å². The van der Waals surface area contributed by atoms with Gasteiger partial charge < -0.3 is 33.0 Å². The van der Waals surface area contributed by atoms with E-state index in [9.17, 15) is 24.2 Å². The van der Waals surface area contributed by atoms with E-state index in [1.807, 2.05) is 57.6 Å². The molecule has 1 unspecified atom stereocenters. The van der Waals surface area contributed by atoms with Crippen molar-refractivity contribution in [2.75, 3.05) is 47.5 Å². The van der Waals surface area contributed by atoms with Crippen LogP contribution in [0.5, 0.6) is 0 Å². The fourth-order valence-corrected chi connectivity index (χ4v) is 7.64. The molecule has 0 spiro atoms. The third-order valence-corrected chi connectivity index (χ3v) is 11.9. The van der Waals surface area contributed by atoms with Crippen molar-refractivity contribution in [2.45, 2.75) is 225 Å². The molecule has 0 aromatic carbocycles. The topological polar surface area (TPSA) is 131 Å². The molecule has 0 aromatic heterocycles. The minimum Gasteiger partial charge on any atom is -0.756 e. The lowest BCUT2D eigenvalue weighted by molar-refractivity contribution is -0.870. The molecule has 11 heteroatoms. The number of likely N-dealkylation sites (N-methyl/N-ethyl adjacent to an activating group) is 1. The van der Waals surface area contributed by atoms with Crippen LogP contribution in [0.2, 0.25) is 0 Å². The Morgan fingerprint density at radius 3 is 1.63 bits per heavy atom. The van der Waals surface area contributed by atoms with Crippen molar-refractivity contribution in [3.05, 3.63) is 48.6 Å². The van der Waals surface area contributed by atoms with Crippen molar-refractivity contribution in [3.8, 4) is 0 Å². The van der Waals surface area contributed by atoms with Crippen molar-refractivity contribution >= 4 is 19.8 Å². The number of carbonyl (C=O) groups excluding carboxylic acids is 2. The fraction of sp³-hybridized carbons (Fsp3) is 0.808. The van der Waals surface area contributed by atoms with E-state index in [4.69, 9.17) is 18.5 Å². The van der Waals surface area contributed by atoms with E-state index in [1.165, 1.54) is 135 Å². The number of esters is 2. The highest BCUT2D eigenvalue weighted by molar-refractivity contribution is 7.45. The molecule has 1 N–H and O–H groups in total. The van der Waals surface area contributed by atoms with Gasteiger partial charge in [-0.3, -0.25) is 14.2 Å². The highest BCUT2D eigenvalue weighted by atomic mass is 31.2. The van der Waals surface area contributed by atoms with E-state index < -0.39 is 38.6 Å². The second-order valence-electron chi connectivity index (χ2n) is 18.4. The smallest absolute Gasteiger partial charge is 0.306 e. The van der Waals surface area contributed by atoms with Gasteiger partial charge in [0.25, 0.3) is 7.82 Å². The van der Waals surface area contributed by atoms with Crippen LogP contribution in [0, 0.1) is 0 Å². The van der Waals surface area contributed by atoms with Gasteiger partial charge in [-0.05, 0) is 44.9 Å². The maximum absolute atomic E-state index is 12.7. The second-order valence-corrected chi connectivity index (χ2v) is 19.8. The molecule has 0 saturated heterocycles. The number of carbonyl (C=O) groups is 2. The van der Waals surface area contributed by atoms with Crippen LogP contribution in [-0.2, 0) is 32.7 Å². The first-order chi connectivity index (χ1) is 30.4. The summed E-state index contributed by atoms with van der Waals surface area (Å²) in [7, 11) is 1.10. The van der Waals surface area contributed by atoms with E-state index in [0.717, 1.165) is 32.1 Å². The molecule has 0 saturated carbocycles. The first kappa shape index (κ1) is 60.9. The summed E-state index contributed by atoms with van der Waals surface area (Å²) >= 11 is 0. The predicted octanol–water partition coefficient (Wildman–Crippen LogP) is 13.4. The van der Waals surface area contributed by atoms with Crippen molar-refractivity contribution < 1.29 is 47.2 Å². The maximum Gasteiger partial charge on any atom is 0.306 e. The van der Waals surface area contributed by atoms with Gasteiger partial charge in [-0.1, -0.05) is 204 Å².